The number of rotatable bonds is 6. The SMILES string of the molecule is CC(C)c1cccc(ONCCC2CCCCO2)c1. The Bertz CT molecular complexity index is 373. The van der Waals surface area contributed by atoms with Crippen LogP contribution in [0.3, 0.4) is 0 Å². The molecule has 0 spiro atoms. The van der Waals surface area contributed by atoms with Crippen molar-refractivity contribution in [1.82, 2.24) is 5.48 Å². The Morgan fingerprint density at radius 2 is 2.26 bits per heavy atom. The van der Waals surface area contributed by atoms with Gasteiger partial charge in [0.25, 0.3) is 0 Å². The van der Waals surface area contributed by atoms with Crippen LogP contribution in [-0.2, 0) is 4.74 Å². The van der Waals surface area contributed by atoms with Gasteiger partial charge in [0, 0.05) is 13.2 Å². The van der Waals surface area contributed by atoms with Gasteiger partial charge >= 0.3 is 0 Å². The molecule has 3 heteroatoms. The molecule has 2 rings (SSSR count). The molecule has 1 aromatic carbocycles. The lowest BCUT2D eigenvalue weighted by Gasteiger charge is -2.22. The van der Waals surface area contributed by atoms with Gasteiger partial charge in [-0.25, -0.2) is 0 Å². The van der Waals surface area contributed by atoms with Gasteiger partial charge < -0.3 is 9.57 Å². The molecule has 1 atom stereocenters. The highest BCUT2D eigenvalue weighted by Gasteiger charge is 2.13. The Labute approximate surface area is 116 Å². The number of ether oxygens (including phenoxy) is 1. The van der Waals surface area contributed by atoms with E-state index in [0.29, 0.717) is 12.0 Å². The fourth-order valence-corrected chi connectivity index (χ4v) is 2.33. The molecule has 3 nitrogen and oxygen atoms in total. The topological polar surface area (TPSA) is 30.5 Å². The van der Waals surface area contributed by atoms with Gasteiger partial charge in [0.1, 0.15) is 5.75 Å². The number of nitrogens with one attached hydrogen (secondary N) is 1. The summed E-state index contributed by atoms with van der Waals surface area (Å²) in [4.78, 5) is 5.58. The van der Waals surface area contributed by atoms with Crippen LogP contribution in [0.5, 0.6) is 5.75 Å². The zero-order valence-corrected chi connectivity index (χ0v) is 12.0. The third kappa shape index (κ3) is 4.84. The standard InChI is InChI=1S/C16H25NO2/c1-13(2)14-6-5-8-16(12-14)19-17-10-9-15-7-3-4-11-18-15/h5-6,8,12-13,15,17H,3-4,7,9-11H2,1-2H3. The third-order valence-corrected chi connectivity index (χ3v) is 3.56. The summed E-state index contributed by atoms with van der Waals surface area (Å²) in [7, 11) is 0. The van der Waals surface area contributed by atoms with E-state index in [0.717, 1.165) is 25.3 Å². The van der Waals surface area contributed by atoms with Crippen molar-refractivity contribution in [2.24, 2.45) is 0 Å². The molecule has 0 bridgehead atoms. The number of hydrogen-bond acceptors (Lipinski definition) is 3. The van der Waals surface area contributed by atoms with Crippen molar-refractivity contribution in [2.45, 2.75) is 51.6 Å². The van der Waals surface area contributed by atoms with Crippen molar-refractivity contribution >= 4 is 0 Å². The van der Waals surface area contributed by atoms with Crippen molar-refractivity contribution < 1.29 is 9.57 Å². The first-order chi connectivity index (χ1) is 9.25. The summed E-state index contributed by atoms with van der Waals surface area (Å²) in [5, 5.41) is 0. The fourth-order valence-electron chi connectivity index (χ4n) is 2.33. The minimum atomic E-state index is 0.409. The van der Waals surface area contributed by atoms with Gasteiger partial charge in [-0.2, -0.15) is 5.48 Å². The largest absolute Gasteiger partial charge is 0.409 e. The molecule has 1 N–H and O–H groups in total. The summed E-state index contributed by atoms with van der Waals surface area (Å²) in [5.74, 6) is 1.41. The molecule has 0 radical (unpaired) electrons. The molecular weight excluding hydrogens is 238 g/mol. The van der Waals surface area contributed by atoms with E-state index >= 15 is 0 Å². The first kappa shape index (κ1) is 14.4. The van der Waals surface area contributed by atoms with Crippen LogP contribution >= 0.6 is 0 Å². The monoisotopic (exact) mass is 263 g/mol. The number of hydroxylamine groups is 1. The maximum atomic E-state index is 5.69. The summed E-state index contributed by atoms with van der Waals surface area (Å²) in [6, 6.07) is 8.24. The molecule has 1 saturated heterocycles. The molecule has 1 fully saturated rings. The fraction of sp³-hybridized carbons (Fsp3) is 0.625. The molecule has 0 aromatic heterocycles. The highest BCUT2D eigenvalue weighted by Crippen LogP contribution is 2.19. The molecule has 0 saturated carbocycles. The maximum absolute atomic E-state index is 5.69. The first-order valence-electron chi connectivity index (χ1n) is 7.37. The zero-order valence-electron chi connectivity index (χ0n) is 12.0. The van der Waals surface area contributed by atoms with Crippen LogP contribution in [0, 0.1) is 0 Å². The molecule has 0 amide bonds. The van der Waals surface area contributed by atoms with E-state index in [1.807, 2.05) is 12.1 Å². The van der Waals surface area contributed by atoms with Crippen LogP contribution in [0.1, 0.15) is 51.0 Å². The highest BCUT2D eigenvalue weighted by atomic mass is 16.6. The quantitative estimate of drug-likeness (QED) is 0.627. The Morgan fingerprint density at radius 1 is 1.37 bits per heavy atom. The van der Waals surface area contributed by atoms with Crippen molar-refractivity contribution in [1.29, 1.82) is 0 Å². The molecule has 1 aromatic rings. The van der Waals surface area contributed by atoms with Crippen LogP contribution < -0.4 is 10.3 Å². The summed E-state index contributed by atoms with van der Waals surface area (Å²) >= 11 is 0. The minimum absolute atomic E-state index is 0.409. The normalized spacial score (nSPS) is 19.6. The second-order valence-corrected chi connectivity index (χ2v) is 5.50. The predicted molar refractivity (Wildman–Crippen MR) is 77.4 cm³/mol. The van der Waals surface area contributed by atoms with E-state index < -0.39 is 0 Å². The summed E-state index contributed by atoms with van der Waals surface area (Å²) in [5.41, 5.74) is 4.34. The Morgan fingerprint density at radius 3 is 3.00 bits per heavy atom. The Hall–Kier alpha value is -1.06. The first-order valence-corrected chi connectivity index (χ1v) is 7.37. The second kappa shape index (κ2) is 7.51. The molecule has 1 aliphatic heterocycles. The second-order valence-electron chi connectivity index (χ2n) is 5.50. The van der Waals surface area contributed by atoms with E-state index in [9.17, 15) is 0 Å². The lowest BCUT2D eigenvalue weighted by molar-refractivity contribution is 0.00683. The Balaban J connectivity index is 1.68. The van der Waals surface area contributed by atoms with E-state index in [1.54, 1.807) is 0 Å². The van der Waals surface area contributed by atoms with Crippen molar-refractivity contribution in [3.63, 3.8) is 0 Å². The van der Waals surface area contributed by atoms with E-state index in [1.165, 1.54) is 24.8 Å². The lowest BCUT2D eigenvalue weighted by Crippen LogP contribution is -2.27. The Kier molecular flexibility index (Phi) is 5.67. The zero-order chi connectivity index (χ0) is 13.5. The average Bonchev–Trinajstić information content (AvgIpc) is 2.45. The van der Waals surface area contributed by atoms with Gasteiger partial charge in [-0.05, 0) is 49.3 Å². The molecule has 1 heterocycles. The van der Waals surface area contributed by atoms with Crippen LogP contribution in [0.2, 0.25) is 0 Å². The van der Waals surface area contributed by atoms with Crippen LogP contribution in [0.25, 0.3) is 0 Å². The highest BCUT2D eigenvalue weighted by molar-refractivity contribution is 5.30. The molecule has 106 valence electrons. The van der Waals surface area contributed by atoms with Crippen LogP contribution in [0.15, 0.2) is 24.3 Å². The number of benzene rings is 1. The van der Waals surface area contributed by atoms with Crippen molar-refractivity contribution in [3.05, 3.63) is 29.8 Å². The van der Waals surface area contributed by atoms with E-state index in [4.69, 9.17) is 9.57 Å². The van der Waals surface area contributed by atoms with Gasteiger partial charge in [-0.1, -0.05) is 26.0 Å². The predicted octanol–water partition coefficient (Wildman–Crippen LogP) is 3.65. The molecule has 1 unspecified atom stereocenters. The molecule has 19 heavy (non-hydrogen) atoms. The van der Waals surface area contributed by atoms with Crippen LogP contribution in [-0.4, -0.2) is 19.3 Å². The van der Waals surface area contributed by atoms with Gasteiger partial charge in [-0.3, -0.25) is 0 Å². The van der Waals surface area contributed by atoms with E-state index in [2.05, 4.69) is 31.5 Å². The lowest BCUT2D eigenvalue weighted by atomic mass is 10.0. The van der Waals surface area contributed by atoms with Crippen LogP contribution in [0.4, 0.5) is 0 Å². The average molecular weight is 263 g/mol. The van der Waals surface area contributed by atoms with Gasteiger partial charge in [0.2, 0.25) is 0 Å². The summed E-state index contributed by atoms with van der Waals surface area (Å²) in [6.07, 6.45) is 5.12. The summed E-state index contributed by atoms with van der Waals surface area (Å²) in [6.45, 7) is 6.12. The van der Waals surface area contributed by atoms with Crippen molar-refractivity contribution in [3.8, 4) is 5.75 Å². The number of hydrogen-bond donors (Lipinski definition) is 1. The molecule has 1 aliphatic rings. The minimum Gasteiger partial charge on any atom is -0.409 e. The smallest absolute Gasteiger partial charge is 0.147 e. The summed E-state index contributed by atoms with van der Waals surface area (Å²) < 4.78 is 5.69. The van der Waals surface area contributed by atoms with Gasteiger partial charge in [-0.15, -0.1) is 0 Å². The van der Waals surface area contributed by atoms with Gasteiger partial charge in [0.15, 0.2) is 0 Å². The van der Waals surface area contributed by atoms with Gasteiger partial charge in [0.05, 0.1) is 6.10 Å². The molecule has 0 aliphatic carbocycles. The third-order valence-electron chi connectivity index (χ3n) is 3.56. The maximum Gasteiger partial charge on any atom is 0.147 e. The van der Waals surface area contributed by atoms with Crippen molar-refractivity contribution in [2.75, 3.05) is 13.2 Å². The van der Waals surface area contributed by atoms with E-state index in [-0.39, 0.29) is 0 Å². The molecular formula is C16H25NO2.